The number of ether oxygens (including phenoxy) is 2. The van der Waals surface area contributed by atoms with Crippen molar-refractivity contribution in [2.45, 2.75) is 24.2 Å². The molecule has 1 saturated heterocycles. The van der Waals surface area contributed by atoms with Crippen LogP contribution in [0.25, 0.3) is 6.08 Å². The van der Waals surface area contributed by atoms with Gasteiger partial charge in [0.15, 0.2) is 0 Å². The SMILES string of the molecule is COc1ccc([C@@]23CC[C@@H](c4ccccc42)[C@@]2(C(=O)NNc4ccccc4)CN(C(=O)/C=C/c4ccccc4OC)C[C@@H]32)cc1. The molecule has 7 heteroatoms. The summed E-state index contributed by atoms with van der Waals surface area (Å²) in [7, 11) is 3.29. The second kappa shape index (κ2) is 11.5. The molecule has 4 aromatic rings. The average Bonchev–Trinajstić information content (AvgIpc) is 3.54. The first-order valence-electron chi connectivity index (χ1n) is 15.5. The molecule has 4 aliphatic rings. The third kappa shape index (κ3) is 4.57. The van der Waals surface area contributed by atoms with Crippen molar-refractivity contribution in [3.63, 3.8) is 0 Å². The monoisotopic (exact) mass is 599 g/mol. The zero-order chi connectivity index (χ0) is 31.0. The molecule has 7 nitrogen and oxygen atoms in total. The highest BCUT2D eigenvalue weighted by molar-refractivity contribution is 5.95. The number of carbonyl (C=O) groups excluding carboxylic acids is 2. The quantitative estimate of drug-likeness (QED) is 0.187. The van der Waals surface area contributed by atoms with E-state index in [9.17, 15) is 9.59 Å². The van der Waals surface area contributed by atoms with Gasteiger partial charge in [0.1, 0.15) is 11.5 Å². The number of carbonyl (C=O) groups is 2. The summed E-state index contributed by atoms with van der Waals surface area (Å²) in [4.78, 5) is 30.6. The minimum absolute atomic E-state index is 0.0348. The molecule has 0 radical (unpaired) electrons. The smallest absolute Gasteiger partial charge is 0.247 e. The highest BCUT2D eigenvalue weighted by Gasteiger charge is 2.70. The van der Waals surface area contributed by atoms with Gasteiger partial charge in [-0.15, -0.1) is 0 Å². The summed E-state index contributed by atoms with van der Waals surface area (Å²) in [6.07, 6.45) is 5.15. The van der Waals surface area contributed by atoms with Gasteiger partial charge in [-0.1, -0.05) is 72.8 Å². The number of benzene rings is 4. The van der Waals surface area contributed by atoms with Crippen molar-refractivity contribution in [2.75, 3.05) is 32.7 Å². The first-order chi connectivity index (χ1) is 22.0. The van der Waals surface area contributed by atoms with E-state index in [1.54, 1.807) is 26.4 Å². The zero-order valence-corrected chi connectivity index (χ0v) is 25.5. The van der Waals surface area contributed by atoms with E-state index >= 15 is 0 Å². The predicted octanol–water partition coefficient (Wildman–Crippen LogP) is 6.18. The predicted molar refractivity (Wildman–Crippen MR) is 175 cm³/mol. The molecule has 0 unspecified atom stereocenters. The van der Waals surface area contributed by atoms with Crippen LogP contribution in [0.2, 0.25) is 0 Å². The zero-order valence-electron chi connectivity index (χ0n) is 25.5. The fourth-order valence-electron chi connectivity index (χ4n) is 8.37. The van der Waals surface area contributed by atoms with Gasteiger partial charge in [0.2, 0.25) is 11.8 Å². The van der Waals surface area contributed by atoms with Crippen molar-refractivity contribution in [1.29, 1.82) is 0 Å². The van der Waals surface area contributed by atoms with Crippen molar-refractivity contribution >= 4 is 23.6 Å². The van der Waals surface area contributed by atoms with E-state index in [0.717, 1.165) is 35.4 Å². The molecule has 4 aromatic carbocycles. The van der Waals surface area contributed by atoms with Crippen LogP contribution in [-0.2, 0) is 15.0 Å². The Morgan fingerprint density at radius 1 is 0.867 bits per heavy atom. The van der Waals surface area contributed by atoms with Gasteiger partial charge in [-0.25, -0.2) is 0 Å². The molecular formula is C38H37N3O4. The Morgan fingerprint density at radius 2 is 1.60 bits per heavy atom. The number of nitrogens with zero attached hydrogens (tertiary/aromatic N) is 1. The Bertz CT molecular complexity index is 1750. The summed E-state index contributed by atoms with van der Waals surface area (Å²) in [5.74, 6) is 1.10. The molecule has 0 spiro atoms. The van der Waals surface area contributed by atoms with E-state index in [1.165, 1.54) is 11.1 Å². The van der Waals surface area contributed by atoms with Gasteiger partial charge in [0, 0.05) is 42.0 Å². The normalized spacial score (nSPS) is 24.5. The Morgan fingerprint density at radius 3 is 2.38 bits per heavy atom. The molecule has 3 aliphatic carbocycles. The van der Waals surface area contributed by atoms with E-state index in [1.807, 2.05) is 71.6 Å². The summed E-state index contributed by atoms with van der Waals surface area (Å²) >= 11 is 0. The Kier molecular flexibility index (Phi) is 7.32. The van der Waals surface area contributed by atoms with Crippen molar-refractivity contribution < 1.29 is 19.1 Å². The van der Waals surface area contributed by atoms with E-state index in [0.29, 0.717) is 18.8 Å². The summed E-state index contributed by atoms with van der Waals surface area (Å²) in [6, 6.07) is 34.1. The Balaban J connectivity index is 1.32. The molecule has 2 fully saturated rings. The van der Waals surface area contributed by atoms with E-state index in [4.69, 9.17) is 9.47 Å². The standard InChI is InChI=1S/C38H37N3O4/c1-44-29-19-17-27(18-20-29)37-23-22-32(30-13-7-8-14-31(30)37)38(36(43)40-39-28-11-4-3-5-12-28)25-41(24-34(37)38)35(42)21-16-26-10-6-9-15-33(26)45-2/h3-21,32,34,39H,22-25H2,1-2H3,(H,40,43)/b21-16+/t32-,34-,37-,38-/m0/s1. The number of hydrogen-bond acceptors (Lipinski definition) is 5. The van der Waals surface area contributed by atoms with Crippen molar-refractivity contribution in [1.82, 2.24) is 10.3 Å². The molecule has 45 heavy (non-hydrogen) atoms. The fourth-order valence-corrected chi connectivity index (χ4v) is 8.37. The molecule has 4 atom stereocenters. The van der Waals surface area contributed by atoms with Crippen LogP contribution in [0.1, 0.15) is 41.0 Å². The van der Waals surface area contributed by atoms with Gasteiger partial charge in [0.25, 0.3) is 0 Å². The molecule has 2 bridgehead atoms. The number of para-hydroxylation sites is 2. The first kappa shape index (κ1) is 28.7. The highest BCUT2D eigenvalue weighted by atomic mass is 16.5. The maximum absolute atomic E-state index is 14.7. The minimum Gasteiger partial charge on any atom is -0.497 e. The van der Waals surface area contributed by atoms with Crippen LogP contribution in [0.15, 0.2) is 109 Å². The number of fused-ring (bicyclic) bond motifs is 1. The van der Waals surface area contributed by atoms with E-state index in [2.05, 4.69) is 47.2 Å². The molecular weight excluding hydrogens is 562 g/mol. The molecule has 2 amide bonds. The molecule has 0 aromatic heterocycles. The number of amides is 2. The lowest BCUT2D eigenvalue weighted by Gasteiger charge is -2.60. The van der Waals surface area contributed by atoms with Gasteiger partial charge in [-0.3, -0.25) is 20.4 Å². The lowest BCUT2D eigenvalue weighted by molar-refractivity contribution is -0.138. The third-order valence-corrected chi connectivity index (χ3v) is 10.3. The molecule has 1 saturated carbocycles. The number of hydrogen-bond donors (Lipinski definition) is 2. The van der Waals surface area contributed by atoms with Crippen LogP contribution in [0.4, 0.5) is 5.69 Å². The van der Waals surface area contributed by atoms with Crippen LogP contribution in [0, 0.1) is 11.3 Å². The topological polar surface area (TPSA) is 79.9 Å². The van der Waals surface area contributed by atoms with Crippen molar-refractivity contribution in [3.05, 3.63) is 131 Å². The van der Waals surface area contributed by atoms with Gasteiger partial charge >= 0.3 is 0 Å². The molecule has 2 N–H and O–H groups in total. The van der Waals surface area contributed by atoms with Crippen LogP contribution in [0.3, 0.4) is 0 Å². The van der Waals surface area contributed by atoms with Crippen molar-refractivity contribution in [3.8, 4) is 11.5 Å². The van der Waals surface area contributed by atoms with Crippen LogP contribution < -0.4 is 20.3 Å². The van der Waals surface area contributed by atoms with Gasteiger partial charge < -0.3 is 14.4 Å². The van der Waals surface area contributed by atoms with Gasteiger partial charge in [0.05, 0.1) is 25.3 Å². The first-order valence-corrected chi connectivity index (χ1v) is 15.5. The molecule has 8 rings (SSSR count). The van der Waals surface area contributed by atoms with Crippen LogP contribution >= 0.6 is 0 Å². The number of likely N-dealkylation sites (tertiary alicyclic amines) is 1. The summed E-state index contributed by atoms with van der Waals surface area (Å²) < 4.78 is 11.0. The number of methoxy groups -OCH3 is 2. The highest BCUT2D eigenvalue weighted by Crippen LogP contribution is 2.69. The largest absolute Gasteiger partial charge is 0.497 e. The Hall–Kier alpha value is -5.04. The van der Waals surface area contributed by atoms with E-state index < -0.39 is 10.8 Å². The van der Waals surface area contributed by atoms with E-state index in [-0.39, 0.29) is 23.7 Å². The molecule has 228 valence electrons. The molecule has 1 heterocycles. The Labute approximate surface area is 263 Å². The second-order valence-corrected chi connectivity index (χ2v) is 12.2. The lowest BCUT2D eigenvalue weighted by Crippen LogP contribution is -2.63. The maximum Gasteiger partial charge on any atom is 0.247 e. The number of rotatable bonds is 8. The van der Waals surface area contributed by atoms with Crippen molar-refractivity contribution in [2.24, 2.45) is 11.3 Å². The maximum atomic E-state index is 14.7. The minimum atomic E-state index is -0.845. The average molecular weight is 600 g/mol. The summed E-state index contributed by atoms with van der Waals surface area (Å²) in [6.45, 7) is 0.788. The lowest BCUT2D eigenvalue weighted by atomic mass is 9.42. The number of anilines is 1. The van der Waals surface area contributed by atoms with Gasteiger partial charge in [-0.05, 0) is 65.9 Å². The summed E-state index contributed by atoms with van der Waals surface area (Å²) in [5.41, 5.74) is 10.2. The second-order valence-electron chi connectivity index (χ2n) is 12.2. The fraction of sp³-hybridized carbons (Fsp3) is 0.263. The molecule has 1 aliphatic heterocycles. The third-order valence-electron chi connectivity index (χ3n) is 10.3. The van der Waals surface area contributed by atoms with Gasteiger partial charge in [-0.2, -0.15) is 0 Å². The number of hydrazine groups is 1. The summed E-state index contributed by atoms with van der Waals surface area (Å²) in [5, 5.41) is 0. The number of nitrogens with one attached hydrogen (secondary N) is 2. The van der Waals surface area contributed by atoms with Crippen LogP contribution in [0.5, 0.6) is 11.5 Å². The van der Waals surface area contributed by atoms with Crippen LogP contribution in [-0.4, -0.2) is 44.0 Å².